The van der Waals surface area contributed by atoms with Gasteiger partial charge in [-0.1, -0.05) is 59.6 Å². The quantitative estimate of drug-likeness (QED) is 0.321. The van der Waals surface area contributed by atoms with Crippen molar-refractivity contribution >= 4 is 46.1 Å². The number of benzene rings is 3. The van der Waals surface area contributed by atoms with Crippen LogP contribution in [0, 0.1) is 0 Å². The molecule has 1 aromatic heterocycles. The summed E-state index contributed by atoms with van der Waals surface area (Å²) in [6.45, 7) is 0.334. The zero-order valence-corrected chi connectivity index (χ0v) is 19.3. The summed E-state index contributed by atoms with van der Waals surface area (Å²) in [5.41, 5.74) is 4.57. The summed E-state index contributed by atoms with van der Waals surface area (Å²) in [5, 5.41) is 4.18. The summed E-state index contributed by atoms with van der Waals surface area (Å²) in [6.07, 6.45) is 0.791. The van der Waals surface area contributed by atoms with Crippen molar-refractivity contribution in [1.29, 1.82) is 0 Å². The van der Waals surface area contributed by atoms with Crippen LogP contribution in [0.4, 0.5) is 5.69 Å². The molecule has 2 heterocycles. The van der Waals surface area contributed by atoms with Crippen molar-refractivity contribution < 1.29 is 9.53 Å². The van der Waals surface area contributed by atoms with Crippen LogP contribution in [0.5, 0.6) is 5.75 Å². The summed E-state index contributed by atoms with van der Waals surface area (Å²) < 4.78 is 5.66. The summed E-state index contributed by atoms with van der Waals surface area (Å²) in [5.74, 6) is 0.543. The number of hydrogen-bond acceptors (Lipinski definition) is 4. The van der Waals surface area contributed by atoms with E-state index in [0.717, 1.165) is 28.2 Å². The molecule has 0 radical (unpaired) electrons. The lowest BCUT2D eigenvalue weighted by molar-refractivity contribution is -0.121. The van der Waals surface area contributed by atoms with Crippen LogP contribution in [-0.2, 0) is 17.8 Å². The van der Waals surface area contributed by atoms with Gasteiger partial charge < -0.3 is 9.64 Å². The molecule has 7 heteroatoms. The maximum atomic E-state index is 12.7. The molecule has 4 nitrogen and oxygen atoms in total. The Hall–Kier alpha value is -2.86. The molecule has 0 N–H and O–H groups in total. The topological polar surface area (TPSA) is 42.4 Å². The van der Waals surface area contributed by atoms with Gasteiger partial charge in [-0.05, 0) is 41.5 Å². The number of anilines is 1. The highest BCUT2D eigenvalue weighted by atomic mass is 35.5. The summed E-state index contributed by atoms with van der Waals surface area (Å²) in [6, 6.07) is 21.4. The molecule has 0 saturated heterocycles. The van der Waals surface area contributed by atoms with E-state index in [4.69, 9.17) is 32.9 Å². The lowest BCUT2D eigenvalue weighted by Crippen LogP contribution is -2.38. The number of nitrogens with zero attached hydrogens (tertiary/aromatic N) is 2. The van der Waals surface area contributed by atoms with Gasteiger partial charge >= 0.3 is 0 Å². The molecule has 4 aromatic rings. The van der Waals surface area contributed by atoms with Crippen molar-refractivity contribution in [3.05, 3.63) is 98.3 Å². The predicted octanol–water partition coefficient (Wildman–Crippen LogP) is 6.63. The Morgan fingerprint density at radius 2 is 1.88 bits per heavy atom. The predicted molar refractivity (Wildman–Crippen MR) is 130 cm³/mol. The molecule has 1 aliphatic rings. The van der Waals surface area contributed by atoms with E-state index < -0.39 is 0 Å². The van der Waals surface area contributed by atoms with Crippen molar-refractivity contribution in [3.63, 3.8) is 0 Å². The zero-order valence-electron chi connectivity index (χ0n) is 16.9. The monoisotopic (exact) mass is 480 g/mol. The number of aromatic nitrogens is 1. The number of amides is 1. The van der Waals surface area contributed by atoms with E-state index in [0.29, 0.717) is 28.0 Å². The molecule has 32 heavy (non-hydrogen) atoms. The van der Waals surface area contributed by atoms with E-state index in [1.165, 1.54) is 5.56 Å². The lowest BCUT2D eigenvalue weighted by atomic mass is 10.1. The van der Waals surface area contributed by atoms with Crippen molar-refractivity contribution in [2.24, 2.45) is 0 Å². The van der Waals surface area contributed by atoms with E-state index in [9.17, 15) is 4.79 Å². The highest BCUT2D eigenvalue weighted by Gasteiger charge is 2.27. The molecule has 3 aromatic carbocycles. The smallest absolute Gasteiger partial charge is 0.265 e. The third-order valence-electron chi connectivity index (χ3n) is 5.29. The molecule has 0 fully saturated rings. The molecule has 0 atom stereocenters. The second kappa shape index (κ2) is 8.94. The second-order valence-electron chi connectivity index (χ2n) is 7.48. The van der Waals surface area contributed by atoms with Gasteiger partial charge in [0.25, 0.3) is 5.91 Å². The molecule has 0 unspecified atom stereocenters. The van der Waals surface area contributed by atoms with Crippen LogP contribution in [0.2, 0.25) is 10.0 Å². The average Bonchev–Trinajstić information content (AvgIpc) is 3.26. The first-order chi connectivity index (χ1) is 15.6. The van der Waals surface area contributed by atoms with Gasteiger partial charge in [0.1, 0.15) is 5.75 Å². The van der Waals surface area contributed by atoms with Crippen molar-refractivity contribution in [2.45, 2.75) is 13.0 Å². The number of fused-ring (bicyclic) bond motifs is 1. The third kappa shape index (κ3) is 4.37. The van der Waals surface area contributed by atoms with Gasteiger partial charge in [-0.3, -0.25) is 4.79 Å². The SMILES string of the molecule is O=C1COc2ccc(-c3csc(Cc4ccccc4)n3)cc2N1Cc1ccc(Cl)cc1Cl. The zero-order chi connectivity index (χ0) is 22.1. The first-order valence-electron chi connectivity index (χ1n) is 10.1. The minimum absolute atomic E-state index is 0.00448. The fourth-order valence-electron chi connectivity index (χ4n) is 3.65. The largest absolute Gasteiger partial charge is 0.482 e. The van der Waals surface area contributed by atoms with E-state index in [1.54, 1.807) is 28.4 Å². The normalized spacial score (nSPS) is 13.1. The van der Waals surface area contributed by atoms with Crippen LogP contribution in [0.25, 0.3) is 11.3 Å². The van der Waals surface area contributed by atoms with Crippen LogP contribution in [0.3, 0.4) is 0 Å². The minimum atomic E-state index is -0.122. The lowest BCUT2D eigenvalue weighted by Gasteiger charge is -2.30. The number of halogens is 2. The molecular weight excluding hydrogens is 463 g/mol. The maximum absolute atomic E-state index is 12.7. The fourth-order valence-corrected chi connectivity index (χ4v) is 4.96. The van der Waals surface area contributed by atoms with E-state index in [2.05, 4.69) is 12.1 Å². The highest BCUT2D eigenvalue weighted by Crippen LogP contribution is 2.38. The number of rotatable bonds is 5. The van der Waals surface area contributed by atoms with Crippen LogP contribution in [0.15, 0.2) is 72.1 Å². The van der Waals surface area contributed by atoms with Crippen LogP contribution < -0.4 is 9.64 Å². The van der Waals surface area contributed by atoms with Gasteiger partial charge in [0.15, 0.2) is 6.61 Å². The Morgan fingerprint density at radius 1 is 1.03 bits per heavy atom. The van der Waals surface area contributed by atoms with Crippen LogP contribution in [0.1, 0.15) is 16.1 Å². The average molecular weight is 481 g/mol. The Morgan fingerprint density at radius 3 is 2.69 bits per heavy atom. The Labute approximate surface area is 200 Å². The number of carbonyl (C=O) groups is 1. The molecular formula is C25H18Cl2N2O2S. The summed E-state index contributed by atoms with van der Waals surface area (Å²) in [7, 11) is 0. The number of thiazole rings is 1. The van der Waals surface area contributed by atoms with Gasteiger partial charge in [-0.15, -0.1) is 11.3 Å². The second-order valence-corrected chi connectivity index (χ2v) is 9.26. The van der Waals surface area contributed by atoms with Gasteiger partial charge in [-0.25, -0.2) is 4.98 Å². The first-order valence-corrected chi connectivity index (χ1v) is 11.7. The Balaban J connectivity index is 1.44. The maximum Gasteiger partial charge on any atom is 0.265 e. The highest BCUT2D eigenvalue weighted by molar-refractivity contribution is 7.10. The summed E-state index contributed by atoms with van der Waals surface area (Å²) >= 11 is 14.0. The molecule has 0 bridgehead atoms. The van der Waals surface area contributed by atoms with Crippen molar-refractivity contribution in [1.82, 2.24) is 4.98 Å². The standard InChI is InChI=1S/C25H18Cl2N2O2S/c26-19-8-6-18(20(27)12-19)13-29-22-11-17(7-9-23(22)31-14-25(29)30)21-15-32-24(28-21)10-16-4-2-1-3-5-16/h1-9,11-12,15H,10,13-14H2. The number of hydrogen-bond donors (Lipinski definition) is 0. The molecule has 5 rings (SSSR count). The minimum Gasteiger partial charge on any atom is -0.482 e. The molecule has 1 amide bonds. The molecule has 0 saturated carbocycles. The molecule has 0 spiro atoms. The third-order valence-corrected chi connectivity index (χ3v) is 6.73. The van der Waals surface area contributed by atoms with E-state index in [-0.39, 0.29) is 12.5 Å². The van der Waals surface area contributed by atoms with Crippen molar-refractivity contribution in [3.8, 4) is 17.0 Å². The molecule has 160 valence electrons. The summed E-state index contributed by atoms with van der Waals surface area (Å²) in [4.78, 5) is 19.2. The van der Waals surface area contributed by atoms with Crippen LogP contribution >= 0.6 is 34.5 Å². The van der Waals surface area contributed by atoms with Crippen LogP contribution in [-0.4, -0.2) is 17.5 Å². The van der Waals surface area contributed by atoms with E-state index in [1.807, 2.05) is 47.8 Å². The molecule has 0 aliphatic carbocycles. The molecule has 1 aliphatic heterocycles. The number of carbonyl (C=O) groups excluding carboxylic acids is 1. The van der Waals surface area contributed by atoms with Gasteiger partial charge in [0.2, 0.25) is 0 Å². The Bertz CT molecular complexity index is 1290. The van der Waals surface area contributed by atoms with Gasteiger partial charge in [0.05, 0.1) is 22.9 Å². The van der Waals surface area contributed by atoms with E-state index >= 15 is 0 Å². The first kappa shape index (κ1) is 21.0. The van der Waals surface area contributed by atoms with Gasteiger partial charge in [0, 0.05) is 27.4 Å². The number of ether oxygens (including phenoxy) is 1. The van der Waals surface area contributed by atoms with Gasteiger partial charge in [-0.2, -0.15) is 0 Å². The Kier molecular flexibility index (Phi) is 5.87. The fraction of sp³-hybridized carbons (Fsp3) is 0.120. The van der Waals surface area contributed by atoms with Crippen molar-refractivity contribution in [2.75, 3.05) is 11.5 Å².